The molecule has 0 aromatic carbocycles. The Morgan fingerprint density at radius 2 is 1.47 bits per heavy atom. The fourth-order valence-corrected chi connectivity index (χ4v) is 3.40. The van der Waals surface area contributed by atoms with Crippen LogP contribution < -0.4 is 5.73 Å². The molecule has 0 aromatic rings. The molecule has 0 amide bonds. The topological polar surface area (TPSA) is 29.3 Å². The minimum absolute atomic E-state index is 0.193. The largest absolute Gasteiger partial charge is 0.326 e. The molecule has 2 atom stereocenters. The van der Waals surface area contributed by atoms with Crippen LogP contribution in [-0.4, -0.2) is 29.6 Å². The molecule has 0 rings (SSSR count). The normalized spacial score (nSPS) is 16.2. The van der Waals surface area contributed by atoms with Gasteiger partial charge in [0, 0.05) is 11.6 Å². The minimum Gasteiger partial charge on any atom is -0.326 e. The molecule has 0 saturated carbocycles. The number of hydrogen-bond acceptors (Lipinski definition) is 2. The second-order valence-corrected chi connectivity index (χ2v) is 5.27. The van der Waals surface area contributed by atoms with E-state index in [1.807, 2.05) is 0 Å². The smallest absolute Gasteiger partial charge is 0.0357 e. The van der Waals surface area contributed by atoms with Gasteiger partial charge < -0.3 is 5.73 Å². The first-order valence-electron chi connectivity index (χ1n) is 7.54. The zero-order chi connectivity index (χ0) is 13.5. The SMILES string of the molecule is CCCC(C)C(N)C(CC)(CC)N(CC)CC. The van der Waals surface area contributed by atoms with Gasteiger partial charge in [-0.05, 0) is 38.3 Å². The van der Waals surface area contributed by atoms with Gasteiger partial charge in [-0.3, -0.25) is 4.90 Å². The van der Waals surface area contributed by atoms with E-state index in [2.05, 4.69) is 46.4 Å². The van der Waals surface area contributed by atoms with Gasteiger partial charge in [0.05, 0.1) is 0 Å². The fraction of sp³-hybridized carbons (Fsp3) is 1.00. The standard InChI is InChI=1S/C15H34N2/c1-7-12-13(6)14(16)15(8-2,9-3)17(10-4)11-5/h13-14H,7-12,16H2,1-6H3. The molecule has 0 aliphatic carbocycles. The molecule has 2 nitrogen and oxygen atoms in total. The first kappa shape index (κ1) is 16.9. The highest BCUT2D eigenvalue weighted by molar-refractivity contribution is 4.98. The molecule has 17 heavy (non-hydrogen) atoms. The summed E-state index contributed by atoms with van der Waals surface area (Å²) in [5.74, 6) is 0.612. The summed E-state index contributed by atoms with van der Waals surface area (Å²) in [6, 6.07) is 0.289. The predicted octanol–water partition coefficient (Wildman–Crippen LogP) is 3.65. The molecule has 2 N–H and O–H groups in total. The lowest BCUT2D eigenvalue weighted by atomic mass is 9.76. The van der Waals surface area contributed by atoms with Crippen LogP contribution in [0, 0.1) is 5.92 Å². The molecule has 104 valence electrons. The Morgan fingerprint density at radius 1 is 1.00 bits per heavy atom. The van der Waals surface area contributed by atoms with Gasteiger partial charge >= 0.3 is 0 Å². The second kappa shape index (κ2) is 8.10. The van der Waals surface area contributed by atoms with Gasteiger partial charge in [-0.15, -0.1) is 0 Å². The first-order chi connectivity index (χ1) is 8.03. The van der Waals surface area contributed by atoms with Crippen LogP contribution in [0.2, 0.25) is 0 Å². The van der Waals surface area contributed by atoms with Crippen molar-refractivity contribution in [2.75, 3.05) is 13.1 Å². The van der Waals surface area contributed by atoms with E-state index in [1.54, 1.807) is 0 Å². The number of nitrogens with two attached hydrogens (primary N) is 1. The zero-order valence-electron chi connectivity index (χ0n) is 12.9. The number of rotatable bonds is 9. The maximum absolute atomic E-state index is 6.61. The average molecular weight is 242 g/mol. The molecule has 2 heteroatoms. The number of likely N-dealkylation sites (N-methyl/N-ethyl adjacent to an activating group) is 1. The third kappa shape index (κ3) is 3.69. The summed E-state index contributed by atoms with van der Waals surface area (Å²) in [6.07, 6.45) is 4.78. The maximum Gasteiger partial charge on any atom is 0.0357 e. The summed E-state index contributed by atoms with van der Waals surface area (Å²) in [5.41, 5.74) is 6.81. The van der Waals surface area contributed by atoms with Crippen molar-refractivity contribution < 1.29 is 0 Å². The molecule has 0 bridgehead atoms. The third-order valence-corrected chi connectivity index (χ3v) is 4.60. The summed E-state index contributed by atoms with van der Waals surface area (Å²) < 4.78 is 0. The van der Waals surface area contributed by atoms with Gasteiger partial charge in [-0.25, -0.2) is 0 Å². The zero-order valence-corrected chi connectivity index (χ0v) is 12.9. The molecule has 2 unspecified atom stereocenters. The Balaban J connectivity index is 5.02. The quantitative estimate of drug-likeness (QED) is 0.669. The van der Waals surface area contributed by atoms with E-state index < -0.39 is 0 Å². The molecule has 0 heterocycles. The van der Waals surface area contributed by atoms with E-state index in [1.165, 1.54) is 12.8 Å². The molecule has 0 fully saturated rings. The van der Waals surface area contributed by atoms with Crippen LogP contribution >= 0.6 is 0 Å². The van der Waals surface area contributed by atoms with E-state index in [-0.39, 0.29) is 11.6 Å². The van der Waals surface area contributed by atoms with Gasteiger partial charge in [0.15, 0.2) is 0 Å². The van der Waals surface area contributed by atoms with Crippen molar-refractivity contribution in [1.82, 2.24) is 4.90 Å². The average Bonchev–Trinajstić information content (AvgIpc) is 2.35. The van der Waals surface area contributed by atoms with Crippen LogP contribution in [0.4, 0.5) is 0 Å². The molecule has 0 saturated heterocycles. The second-order valence-electron chi connectivity index (χ2n) is 5.27. The van der Waals surface area contributed by atoms with Crippen molar-refractivity contribution in [3.8, 4) is 0 Å². The van der Waals surface area contributed by atoms with Crippen molar-refractivity contribution in [3.63, 3.8) is 0 Å². The summed E-state index contributed by atoms with van der Waals surface area (Å²) >= 11 is 0. The lowest BCUT2D eigenvalue weighted by Crippen LogP contribution is -2.61. The van der Waals surface area contributed by atoms with Gasteiger partial charge in [0.25, 0.3) is 0 Å². The highest BCUT2D eigenvalue weighted by atomic mass is 15.2. The number of nitrogens with zero attached hydrogens (tertiary/aromatic N) is 1. The Morgan fingerprint density at radius 3 is 1.76 bits per heavy atom. The van der Waals surface area contributed by atoms with Gasteiger partial charge in [0.1, 0.15) is 0 Å². The summed E-state index contributed by atoms with van der Waals surface area (Å²) in [4.78, 5) is 2.57. The highest BCUT2D eigenvalue weighted by Crippen LogP contribution is 2.31. The van der Waals surface area contributed by atoms with E-state index in [0.717, 1.165) is 25.9 Å². The Hall–Kier alpha value is -0.0800. The molecule has 0 spiro atoms. The van der Waals surface area contributed by atoms with Crippen molar-refractivity contribution in [1.29, 1.82) is 0 Å². The lowest BCUT2D eigenvalue weighted by Gasteiger charge is -2.48. The van der Waals surface area contributed by atoms with E-state index in [9.17, 15) is 0 Å². The highest BCUT2D eigenvalue weighted by Gasteiger charge is 2.39. The monoisotopic (exact) mass is 242 g/mol. The van der Waals surface area contributed by atoms with Crippen LogP contribution in [0.5, 0.6) is 0 Å². The van der Waals surface area contributed by atoms with E-state index in [4.69, 9.17) is 5.73 Å². The lowest BCUT2D eigenvalue weighted by molar-refractivity contribution is 0.0432. The molecule has 0 aromatic heterocycles. The first-order valence-corrected chi connectivity index (χ1v) is 7.54. The minimum atomic E-state index is 0.193. The molecule has 0 aliphatic heterocycles. The number of hydrogen-bond donors (Lipinski definition) is 1. The van der Waals surface area contributed by atoms with Crippen LogP contribution in [0.25, 0.3) is 0 Å². The van der Waals surface area contributed by atoms with Crippen LogP contribution in [0.3, 0.4) is 0 Å². The van der Waals surface area contributed by atoms with Crippen LogP contribution in [-0.2, 0) is 0 Å². The molecule has 0 radical (unpaired) electrons. The van der Waals surface area contributed by atoms with E-state index >= 15 is 0 Å². The van der Waals surface area contributed by atoms with Crippen LogP contribution in [0.15, 0.2) is 0 Å². The van der Waals surface area contributed by atoms with Crippen molar-refractivity contribution in [2.45, 2.75) is 78.8 Å². The summed E-state index contributed by atoms with van der Waals surface area (Å²) in [5, 5.41) is 0. The van der Waals surface area contributed by atoms with Crippen molar-refractivity contribution >= 4 is 0 Å². The predicted molar refractivity (Wildman–Crippen MR) is 78.3 cm³/mol. The maximum atomic E-state index is 6.61. The van der Waals surface area contributed by atoms with Crippen LogP contribution in [0.1, 0.15) is 67.2 Å². The van der Waals surface area contributed by atoms with Crippen molar-refractivity contribution in [3.05, 3.63) is 0 Å². The molecule has 0 aliphatic rings. The van der Waals surface area contributed by atoms with E-state index in [0.29, 0.717) is 5.92 Å². The van der Waals surface area contributed by atoms with Gasteiger partial charge in [-0.1, -0.05) is 48.0 Å². The Labute approximate surface area is 109 Å². The van der Waals surface area contributed by atoms with Crippen molar-refractivity contribution in [2.24, 2.45) is 11.7 Å². The summed E-state index contributed by atoms with van der Waals surface area (Å²) in [6.45, 7) is 15.9. The third-order valence-electron chi connectivity index (χ3n) is 4.60. The van der Waals surface area contributed by atoms with Gasteiger partial charge in [-0.2, -0.15) is 0 Å². The Bertz CT molecular complexity index is 183. The molecular formula is C15H34N2. The van der Waals surface area contributed by atoms with Gasteiger partial charge in [0.2, 0.25) is 0 Å². The summed E-state index contributed by atoms with van der Waals surface area (Å²) in [7, 11) is 0. The molecular weight excluding hydrogens is 208 g/mol. The fourth-order valence-electron chi connectivity index (χ4n) is 3.40. The Kier molecular flexibility index (Phi) is 8.06.